The maximum atomic E-state index is 4.14. The molecule has 0 saturated heterocycles. The van der Waals surface area contributed by atoms with Gasteiger partial charge in [-0.1, -0.05) is 6.08 Å². The van der Waals surface area contributed by atoms with Crippen LogP contribution in [-0.4, -0.2) is 19.3 Å². The van der Waals surface area contributed by atoms with Gasteiger partial charge in [0, 0.05) is 25.5 Å². The van der Waals surface area contributed by atoms with Gasteiger partial charge < -0.3 is 0 Å². The van der Waals surface area contributed by atoms with Gasteiger partial charge in [-0.25, -0.2) is 0 Å². The van der Waals surface area contributed by atoms with Crippen molar-refractivity contribution in [2.75, 3.05) is 13.1 Å². The summed E-state index contributed by atoms with van der Waals surface area (Å²) in [6, 6.07) is 0. The van der Waals surface area contributed by atoms with Gasteiger partial charge in [-0.15, -0.1) is 0 Å². The van der Waals surface area contributed by atoms with Crippen LogP contribution in [0.3, 0.4) is 0 Å². The molecule has 3 heteroatoms. The summed E-state index contributed by atoms with van der Waals surface area (Å²) < 4.78 is 0. The number of fused-ring (bicyclic) bond motifs is 1. The fraction of sp³-hybridized carbons (Fsp3) is 0.250. The fourth-order valence-electron chi connectivity index (χ4n) is 2.12. The quantitative estimate of drug-likeness (QED) is 0.616. The summed E-state index contributed by atoms with van der Waals surface area (Å²) in [7, 11) is 0. The molecule has 3 nitrogen and oxygen atoms in total. The Balaban J connectivity index is 2.03. The van der Waals surface area contributed by atoms with Gasteiger partial charge in [0.15, 0.2) is 0 Å². The molecule has 0 radical (unpaired) electrons. The highest BCUT2D eigenvalue weighted by Crippen LogP contribution is 2.30. The molecule has 2 heterocycles. The van der Waals surface area contributed by atoms with E-state index in [2.05, 4.69) is 34.1 Å². The van der Waals surface area contributed by atoms with Crippen molar-refractivity contribution in [1.29, 1.82) is 0 Å². The van der Waals surface area contributed by atoms with Gasteiger partial charge in [0.05, 0.1) is 0 Å². The molecule has 76 valence electrons. The molecule has 0 spiro atoms. The van der Waals surface area contributed by atoms with Crippen LogP contribution in [0.2, 0.25) is 0 Å². The Morgan fingerprint density at radius 2 is 2.13 bits per heavy atom. The molecular weight excluding hydrogens is 186 g/mol. The number of hydrazine groups is 1. The molecular formula is C12H13N3. The van der Waals surface area contributed by atoms with Crippen LogP contribution in [0.4, 0.5) is 0 Å². The Bertz CT molecular complexity index is 436. The van der Waals surface area contributed by atoms with Crippen molar-refractivity contribution in [2.24, 2.45) is 4.99 Å². The molecule has 0 aromatic carbocycles. The van der Waals surface area contributed by atoms with Crippen molar-refractivity contribution in [3.63, 3.8) is 0 Å². The molecule has 2 N–H and O–H groups in total. The first-order valence-corrected chi connectivity index (χ1v) is 5.21. The van der Waals surface area contributed by atoms with E-state index in [4.69, 9.17) is 0 Å². The van der Waals surface area contributed by atoms with Crippen LogP contribution in [-0.2, 0) is 0 Å². The monoisotopic (exact) mass is 199 g/mol. The summed E-state index contributed by atoms with van der Waals surface area (Å²) in [6.07, 6.45) is 11.2. The van der Waals surface area contributed by atoms with Gasteiger partial charge in [-0.3, -0.25) is 15.8 Å². The zero-order chi connectivity index (χ0) is 10.1. The number of hydrogen-bond donors (Lipinski definition) is 2. The topological polar surface area (TPSA) is 36.4 Å². The fourth-order valence-corrected chi connectivity index (χ4v) is 2.12. The van der Waals surface area contributed by atoms with E-state index in [0.717, 1.165) is 19.5 Å². The lowest BCUT2D eigenvalue weighted by atomic mass is 9.87. The highest BCUT2D eigenvalue weighted by molar-refractivity contribution is 5.77. The Kier molecular flexibility index (Phi) is 2.12. The van der Waals surface area contributed by atoms with Crippen LogP contribution in [0, 0.1) is 0 Å². The van der Waals surface area contributed by atoms with Crippen molar-refractivity contribution in [3.05, 3.63) is 46.7 Å². The molecule has 1 aliphatic carbocycles. The number of nitrogens with one attached hydrogen (secondary N) is 2. The van der Waals surface area contributed by atoms with Crippen molar-refractivity contribution in [1.82, 2.24) is 10.9 Å². The number of allylic oxidation sites excluding steroid dienone is 4. The van der Waals surface area contributed by atoms with Gasteiger partial charge in [0.25, 0.3) is 0 Å². The highest BCUT2D eigenvalue weighted by Gasteiger charge is 2.18. The van der Waals surface area contributed by atoms with E-state index >= 15 is 0 Å². The minimum absolute atomic E-state index is 0.917. The molecule has 0 aromatic rings. The smallest absolute Gasteiger partial charge is 0.0351 e. The van der Waals surface area contributed by atoms with Crippen molar-refractivity contribution in [2.45, 2.75) is 6.42 Å². The summed E-state index contributed by atoms with van der Waals surface area (Å²) in [5.74, 6) is 0. The summed E-state index contributed by atoms with van der Waals surface area (Å²) in [5.41, 5.74) is 11.9. The van der Waals surface area contributed by atoms with Crippen LogP contribution < -0.4 is 10.9 Å². The van der Waals surface area contributed by atoms with Crippen molar-refractivity contribution < 1.29 is 0 Å². The molecule has 3 rings (SSSR count). The van der Waals surface area contributed by atoms with E-state index in [1.54, 1.807) is 0 Å². The van der Waals surface area contributed by atoms with Gasteiger partial charge in [0.2, 0.25) is 0 Å². The Hall–Kier alpha value is -1.45. The molecule has 0 amide bonds. The maximum Gasteiger partial charge on any atom is 0.0351 e. The molecule has 3 aliphatic rings. The zero-order valence-corrected chi connectivity index (χ0v) is 8.46. The average Bonchev–Trinajstić information content (AvgIpc) is 2.50. The summed E-state index contributed by atoms with van der Waals surface area (Å²) in [5, 5.41) is 0. The summed E-state index contributed by atoms with van der Waals surface area (Å²) in [4.78, 5) is 4.14. The van der Waals surface area contributed by atoms with Gasteiger partial charge in [-0.05, 0) is 40.9 Å². The van der Waals surface area contributed by atoms with Crippen molar-refractivity contribution in [3.8, 4) is 0 Å². The largest absolute Gasteiger partial charge is 0.265 e. The SMILES string of the molecule is C1=CC2=CC3=C(CNNC3)CC2=CC=N1. The molecule has 0 atom stereocenters. The highest BCUT2D eigenvalue weighted by atomic mass is 15.4. The van der Waals surface area contributed by atoms with Gasteiger partial charge in [-0.2, -0.15) is 0 Å². The first-order chi connectivity index (χ1) is 7.43. The van der Waals surface area contributed by atoms with E-state index in [1.165, 1.54) is 22.3 Å². The number of aliphatic imine (C=N–C) groups is 1. The van der Waals surface area contributed by atoms with E-state index in [-0.39, 0.29) is 0 Å². The van der Waals surface area contributed by atoms with Crippen LogP contribution in [0.5, 0.6) is 0 Å². The summed E-state index contributed by atoms with van der Waals surface area (Å²) >= 11 is 0. The lowest BCUT2D eigenvalue weighted by molar-refractivity contribution is 0.554. The third kappa shape index (κ3) is 1.60. The minimum atomic E-state index is 0.917. The molecule has 0 fully saturated rings. The third-order valence-electron chi connectivity index (χ3n) is 2.97. The number of nitrogens with zero attached hydrogens (tertiary/aromatic N) is 1. The van der Waals surface area contributed by atoms with Crippen molar-refractivity contribution >= 4 is 6.21 Å². The Labute approximate surface area is 88.9 Å². The van der Waals surface area contributed by atoms with Crippen LogP contribution in [0.15, 0.2) is 51.7 Å². The molecule has 0 bridgehead atoms. The molecule has 0 saturated carbocycles. The number of rotatable bonds is 0. The van der Waals surface area contributed by atoms with Crippen LogP contribution in [0.1, 0.15) is 6.42 Å². The maximum absolute atomic E-state index is 4.14. The van der Waals surface area contributed by atoms with E-state index in [9.17, 15) is 0 Å². The molecule has 0 aromatic heterocycles. The first kappa shape index (κ1) is 8.83. The van der Waals surface area contributed by atoms with E-state index in [1.807, 2.05) is 12.4 Å². The van der Waals surface area contributed by atoms with Crippen LogP contribution in [0.25, 0.3) is 0 Å². The van der Waals surface area contributed by atoms with Gasteiger partial charge in [0.1, 0.15) is 0 Å². The molecule has 2 aliphatic heterocycles. The van der Waals surface area contributed by atoms with E-state index < -0.39 is 0 Å². The number of hydrogen-bond acceptors (Lipinski definition) is 3. The predicted molar refractivity (Wildman–Crippen MR) is 61.4 cm³/mol. The Morgan fingerprint density at radius 1 is 1.20 bits per heavy atom. The van der Waals surface area contributed by atoms with E-state index in [0.29, 0.717) is 0 Å². The molecule has 0 unspecified atom stereocenters. The second kappa shape index (κ2) is 3.61. The normalized spacial score (nSPS) is 24.0. The predicted octanol–water partition coefficient (Wildman–Crippen LogP) is 1.25. The lowest BCUT2D eigenvalue weighted by Gasteiger charge is -2.26. The zero-order valence-electron chi connectivity index (χ0n) is 8.46. The minimum Gasteiger partial charge on any atom is -0.265 e. The first-order valence-electron chi connectivity index (χ1n) is 5.21. The second-order valence-electron chi connectivity index (χ2n) is 3.92. The third-order valence-corrected chi connectivity index (χ3v) is 2.97. The summed E-state index contributed by atoms with van der Waals surface area (Å²) in [6.45, 7) is 1.86. The average molecular weight is 199 g/mol. The second-order valence-corrected chi connectivity index (χ2v) is 3.92. The molecule has 15 heavy (non-hydrogen) atoms. The van der Waals surface area contributed by atoms with Gasteiger partial charge >= 0.3 is 0 Å². The van der Waals surface area contributed by atoms with Crippen LogP contribution >= 0.6 is 0 Å². The standard InChI is InChI=1S/C12H13N3/c1-3-13-4-2-10-6-12-8-15-14-7-11(12)5-9(1)10/h1-5,14-15H,6-8H2. The Morgan fingerprint density at radius 3 is 3.13 bits per heavy atom. The lowest BCUT2D eigenvalue weighted by Crippen LogP contribution is -2.40.